The van der Waals surface area contributed by atoms with Crippen molar-refractivity contribution in [3.8, 4) is 0 Å². The van der Waals surface area contributed by atoms with Gasteiger partial charge in [-0.25, -0.2) is 4.39 Å². The maximum absolute atomic E-state index is 15.3. The van der Waals surface area contributed by atoms with Crippen LogP contribution in [0.25, 0.3) is 0 Å². The highest BCUT2D eigenvalue weighted by molar-refractivity contribution is 14.1. The smallest absolute Gasteiger partial charge is 0.264 e. The fourth-order valence-electron chi connectivity index (χ4n) is 5.34. The highest BCUT2D eigenvalue weighted by Crippen LogP contribution is 2.58. The average Bonchev–Trinajstić information content (AvgIpc) is 3.10. The minimum absolute atomic E-state index is 0.110. The van der Waals surface area contributed by atoms with Gasteiger partial charge in [0.15, 0.2) is 5.60 Å². The summed E-state index contributed by atoms with van der Waals surface area (Å²) in [6.07, 6.45) is -0.230. The van der Waals surface area contributed by atoms with Gasteiger partial charge in [0.25, 0.3) is 5.91 Å². The van der Waals surface area contributed by atoms with Crippen LogP contribution in [0.2, 0.25) is 0 Å². The lowest BCUT2D eigenvalue weighted by atomic mass is 9.71. The number of carbonyl (C=O) groups excluding carboxylic acids is 1. The van der Waals surface area contributed by atoms with Gasteiger partial charge in [0.1, 0.15) is 5.67 Å². The van der Waals surface area contributed by atoms with E-state index in [0.29, 0.717) is 13.0 Å². The molecule has 1 saturated heterocycles. The molecular formula is C24H27FINO3. The van der Waals surface area contributed by atoms with Crippen LogP contribution in [0.5, 0.6) is 0 Å². The van der Waals surface area contributed by atoms with E-state index in [2.05, 4.69) is 22.6 Å². The molecule has 1 N–H and O–H groups in total. The SMILES string of the molecule is C[C@@H]1[C@@H](C(C)(C)F)[C@H](CCO)O[C@@]12C(=O)N(Cc1ccccc1)c1ccc(I)cc12. The Balaban J connectivity index is 1.83. The highest BCUT2D eigenvalue weighted by atomic mass is 127. The first-order valence-electron chi connectivity index (χ1n) is 10.3. The normalized spacial score (nSPS) is 28.4. The lowest BCUT2D eigenvalue weighted by Gasteiger charge is -2.32. The number of nitrogens with zero attached hydrogens (tertiary/aromatic N) is 1. The Morgan fingerprint density at radius 1 is 1.23 bits per heavy atom. The number of halogens is 2. The first-order valence-corrected chi connectivity index (χ1v) is 11.4. The van der Waals surface area contributed by atoms with Crippen LogP contribution in [0.15, 0.2) is 48.5 Å². The standard InChI is InChI=1S/C24H27FINO3/c1-15-21(23(2,3)25)20(11-12-28)30-24(15)18-13-17(26)9-10-19(18)27(22(24)29)14-16-7-5-4-6-8-16/h4-10,13,15,20-21,28H,11-12,14H2,1-3H3/t15-,20+,21-,24+/m1/s1. The Kier molecular flexibility index (Phi) is 5.70. The van der Waals surface area contributed by atoms with Crippen LogP contribution in [0, 0.1) is 15.4 Å². The van der Waals surface area contributed by atoms with Crippen molar-refractivity contribution < 1.29 is 19.0 Å². The molecule has 30 heavy (non-hydrogen) atoms. The number of alkyl halides is 1. The number of anilines is 1. The predicted octanol–water partition coefficient (Wildman–Crippen LogP) is 4.81. The minimum atomic E-state index is -1.54. The molecule has 2 aliphatic heterocycles. The number of aliphatic hydroxyl groups excluding tert-OH is 1. The summed E-state index contributed by atoms with van der Waals surface area (Å²) in [5.74, 6) is -1.03. The van der Waals surface area contributed by atoms with Crippen molar-refractivity contribution in [3.63, 3.8) is 0 Å². The molecule has 4 atom stereocenters. The zero-order valence-corrected chi connectivity index (χ0v) is 19.6. The van der Waals surface area contributed by atoms with Crippen LogP contribution in [0.4, 0.5) is 10.1 Å². The monoisotopic (exact) mass is 523 g/mol. The number of amides is 1. The third-order valence-electron chi connectivity index (χ3n) is 6.52. The second kappa shape index (κ2) is 7.88. The largest absolute Gasteiger partial charge is 0.396 e. The molecule has 1 fully saturated rings. The van der Waals surface area contributed by atoms with Gasteiger partial charge in [0.05, 0.1) is 18.3 Å². The number of fused-ring (bicyclic) bond motifs is 2. The Labute approximate surface area is 190 Å². The van der Waals surface area contributed by atoms with Gasteiger partial charge in [-0.1, -0.05) is 37.3 Å². The van der Waals surface area contributed by atoms with E-state index in [1.54, 1.807) is 4.90 Å². The van der Waals surface area contributed by atoms with Crippen molar-refractivity contribution >= 4 is 34.2 Å². The maximum atomic E-state index is 15.3. The van der Waals surface area contributed by atoms with E-state index in [9.17, 15) is 9.90 Å². The number of carbonyl (C=O) groups is 1. The first kappa shape index (κ1) is 21.7. The second-order valence-electron chi connectivity index (χ2n) is 8.82. The summed E-state index contributed by atoms with van der Waals surface area (Å²) in [6, 6.07) is 15.8. The van der Waals surface area contributed by atoms with Gasteiger partial charge in [-0.05, 0) is 66.6 Å². The summed E-state index contributed by atoms with van der Waals surface area (Å²) in [5, 5.41) is 9.58. The average molecular weight is 523 g/mol. The van der Waals surface area contributed by atoms with Crippen LogP contribution < -0.4 is 4.90 Å². The summed E-state index contributed by atoms with van der Waals surface area (Å²) >= 11 is 2.23. The first-order chi connectivity index (χ1) is 14.2. The summed E-state index contributed by atoms with van der Waals surface area (Å²) in [5.41, 5.74) is -0.141. The summed E-state index contributed by atoms with van der Waals surface area (Å²) in [4.78, 5) is 15.7. The highest BCUT2D eigenvalue weighted by Gasteiger charge is 2.66. The summed E-state index contributed by atoms with van der Waals surface area (Å²) < 4.78 is 22.8. The molecule has 2 heterocycles. The predicted molar refractivity (Wildman–Crippen MR) is 123 cm³/mol. The zero-order chi connectivity index (χ0) is 21.7. The Morgan fingerprint density at radius 3 is 2.57 bits per heavy atom. The van der Waals surface area contributed by atoms with E-state index in [0.717, 1.165) is 20.4 Å². The van der Waals surface area contributed by atoms with Crippen molar-refractivity contribution in [2.75, 3.05) is 11.5 Å². The molecule has 0 aliphatic carbocycles. The molecule has 160 valence electrons. The van der Waals surface area contributed by atoms with Crippen LogP contribution in [0.1, 0.15) is 38.3 Å². The van der Waals surface area contributed by atoms with E-state index >= 15 is 4.39 Å². The molecule has 2 aromatic rings. The van der Waals surface area contributed by atoms with Crippen LogP contribution in [-0.4, -0.2) is 29.4 Å². The second-order valence-corrected chi connectivity index (χ2v) is 10.1. The molecule has 2 aromatic carbocycles. The molecular weight excluding hydrogens is 496 g/mol. The molecule has 2 aliphatic rings. The van der Waals surface area contributed by atoms with Crippen molar-refractivity contribution in [1.29, 1.82) is 0 Å². The molecule has 0 saturated carbocycles. The van der Waals surface area contributed by atoms with Gasteiger partial charge in [0.2, 0.25) is 0 Å². The number of benzene rings is 2. The van der Waals surface area contributed by atoms with Gasteiger partial charge in [-0.15, -0.1) is 0 Å². The van der Waals surface area contributed by atoms with E-state index in [-0.39, 0.29) is 18.4 Å². The van der Waals surface area contributed by atoms with E-state index < -0.39 is 23.3 Å². The molecule has 1 amide bonds. The van der Waals surface area contributed by atoms with Gasteiger partial charge >= 0.3 is 0 Å². The summed E-state index contributed by atoms with van der Waals surface area (Å²) in [6.45, 7) is 5.31. The molecule has 0 unspecified atom stereocenters. The van der Waals surface area contributed by atoms with Gasteiger partial charge in [-0.2, -0.15) is 0 Å². The van der Waals surface area contributed by atoms with Crippen molar-refractivity contribution in [2.24, 2.45) is 11.8 Å². The fourth-order valence-corrected chi connectivity index (χ4v) is 5.83. The number of hydrogen-bond donors (Lipinski definition) is 1. The number of hydrogen-bond acceptors (Lipinski definition) is 3. The maximum Gasteiger partial charge on any atom is 0.264 e. The van der Waals surface area contributed by atoms with E-state index in [1.165, 1.54) is 13.8 Å². The number of rotatable bonds is 5. The van der Waals surface area contributed by atoms with E-state index in [1.807, 2.05) is 55.5 Å². The van der Waals surface area contributed by atoms with Crippen molar-refractivity contribution in [3.05, 3.63) is 63.2 Å². The number of ether oxygens (including phenoxy) is 1. The van der Waals surface area contributed by atoms with Crippen molar-refractivity contribution in [2.45, 2.75) is 51.1 Å². The fraction of sp³-hybridized carbons (Fsp3) is 0.458. The topological polar surface area (TPSA) is 49.8 Å². The van der Waals surface area contributed by atoms with Crippen LogP contribution >= 0.6 is 22.6 Å². The van der Waals surface area contributed by atoms with Crippen molar-refractivity contribution in [1.82, 2.24) is 0 Å². The van der Waals surface area contributed by atoms with Gasteiger partial charge < -0.3 is 14.7 Å². The number of aliphatic hydroxyl groups is 1. The molecule has 4 nitrogen and oxygen atoms in total. The molecule has 6 heteroatoms. The lowest BCUT2D eigenvalue weighted by molar-refractivity contribution is -0.146. The molecule has 0 bridgehead atoms. The molecule has 1 spiro atoms. The Morgan fingerprint density at radius 2 is 1.93 bits per heavy atom. The Hall–Kier alpha value is -1.51. The van der Waals surface area contributed by atoms with E-state index in [4.69, 9.17) is 4.74 Å². The zero-order valence-electron chi connectivity index (χ0n) is 17.4. The third kappa shape index (κ3) is 3.37. The Bertz CT molecular complexity index is 945. The minimum Gasteiger partial charge on any atom is -0.396 e. The molecule has 0 aromatic heterocycles. The van der Waals surface area contributed by atoms with Gasteiger partial charge in [0, 0.05) is 27.6 Å². The van der Waals surface area contributed by atoms with Crippen LogP contribution in [0.3, 0.4) is 0 Å². The molecule has 4 rings (SSSR count). The quantitative estimate of drug-likeness (QED) is 0.573. The lowest BCUT2D eigenvalue weighted by Crippen LogP contribution is -2.45. The third-order valence-corrected chi connectivity index (χ3v) is 7.19. The molecule has 0 radical (unpaired) electrons. The van der Waals surface area contributed by atoms with Crippen LogP contribution in [-0.2, 0) is 21.7 Å². The summed E-state index contributed by atoms with van der Waals surface area (Å²) in [7, 11) is 0. The van der Waals surface area contributed by atoms with Gasteiger partial charge in [-0.3, -0.25) is 4.79 Å².